The van der Waals surface area contributed by atoms with Gasteiger partial charge in [-0.3, -0.25) is 0 Å². The van der Waals surface area contributed by atoms with Crippen molar-refractivity contribution in [3.05, 3.63) is 29.8 Å². The van der Waals surface area contributed by atoms with Crippen LogP contribution >= 0.6 is 0 Å². The summed E-state index contributed by atoms with van der Waals surface area (Å²) < 4.78 is 5.60. The molecule has 1 aromatic rings. The Labute approximate surface area is 115 Å². The first-order valence-electron chi connectivity index (χ1n) is 7.29. The summed E-state index contributed by atoms with van der Waals surface area (Å²) in [7, 11) is 4.21. The van der Waals surface area contributed by atoms with Crippen LogP contribution in [0.1, 0.15) is 18.4 Å². The molecule has 2 aliphatic heterocycles. The van der Waals surface area contributed by atoms with Gasteiger partial charge < -0.3 is 15.0 Å². The molecule has 0 saturated carbocycles. The van der Waals surface area contributed by atoms with Gasteiger partial charge in [0.2, 0.25) is 0 Å². The van der Waals surface area contributed by atoms with Crippen LogP contribution in [0.5, 0.6) is 0 Å². The van der Waals surface area contributed by atoms with Crippen molar-refractivity contribution in [3.8, 4) is 0 Å². The molecule has 3 rings (SSSR count). The molecule has 0 bridgehead atoms. The Morgan fingerprint density at radius 2 is 2.00 bits per heavy atom. The number of nitrogens with zero attached hydrogens (tertiary/aromatic N) is 1. The van der Waals surface area contributed by atoms with E-state index in [1.54, 1.807) is 0 Å². The molecule has 104 valence electrons. The summed E-state index contributed by atoms with van der Waals surface area (Å²) in [6, 6.07) is 8.93. The van der Waals surface area contributed by atoms with Gasteiger partial charge in [0.25, 0.3) is 0 Å². The maximum absolute atomic E-state index is 5.60. The fourth-order valence-electron chi connectivity index (χ4n) is 3.55. The van der Waals surface area contributed by atoms with Crippen molar-refractivity contribution in [1.29, 1.82) is 0 Å². The zero-order chi connectivity index (χ0) is 13.3. The molecule has 2 fully saturated rings. The fraction of sp³-hybridized carbons (Fsp3) is 0.625. The minimum absolute atomic E-state index is 0.265. The Balaban J connectivity index is 1.85. The van der Waals surface area contributed by atoms with Gasteiger partial charge in [-0.15, -0.1) is 0 Å². The third kappa shape index (κ3) is 2.26. The van der Waals surface area contributed by atoms with E-state index in [1.165, 1.54) is 37.2 Å². The number of nitrogens with one attached hydrogen (secondary N) is 1. The number of ether oxygens (including phenoxy) is 1. The minimum atomic E-state index is 0.265. The summed E-state index contributed by atoms with van der Waals surface area (Å²) in [5.41, 5.74) is 2.90. The first kappa shape index (κ1) is 12.9. The number of likely N-dealkylation sites (tertiary alicyclic amines) is 1. The highest BCUT2D eigenvalue weighted by atomic mass is 16.5. The van der Waals surface area contributed by atoms with Gasteiger partial charge in [0.1, 0.15) is 0 Å². The van der Waals surface area contributed by atoms with Crippen LogP contribution < -0.4 is 5.32 Å². The monoisotopic (exact) mass is 260 g/mol. The Morgan fingerprint density at radius 1 is 1.26 bits per heavy atom. The number of rotatable bonds is 3. The smallest absolute Gasteiger partial charge is 0.0588 e. The standard InChI is InChI=1S/C16H24N2O/c1-17-15-7-5-13(6-8-15)16(11-19-12-16)14-4-3-9-18(2)10-14/h5-8,14,17H,3-4,9-12H2,1-2H3. The van der Waals surface area contributed by atoms with E-state index >= 15 is 0 Å². The molecule has 0 aliphatic carbocycles. The van der Waals surface area contributed by atoms with E-state index in [2.05, 4.69) is 41.5 Å². The van der Waals surface area contributed by atoms with E-state index in [0.717, 1.165) is 19.1 Å². The number of benzene rings is 1. The highest BCUT2D eigenvalue weighted by molar-refractivity contribution is 5.46. The second kappa shape index (κ2) is 5.14. The summed E-state index contributed by atoms with van der Waals surface area (Å²) in [4.78, 5) is 2.47. The molecule has 1 aromatic carbocycles. The van der Waals surface area contributed by atoms with Crippen LogP contribution in [-0.2, 0) is 10.2 Å². The molecular formula is C16H24N2O. The molecule has 0 aromatic heterocycles. The Hall–Kier alpha value is -1.06. The summed E-state index contributed by atoms with van der Waals surface area (Å²) in [5, 5.41) is 3.19. The molecule has 0 spiro atoms. The Morgan fingerprint density at radius 3 is 2.53 bits per heavy atom. The van der Waals surface area contributed by atoms with Crippen LogP contribution in [0.3, 0.4) is 0 Å². The lowest BCUT2D eigenvalue weighted by Gasteiger charge is -2.50. The van der Waals surface area contributed by atoms with Crippen molar-refractivity contribution in [3.63, 3.8) is 0 Å². The number of anilines is 1. The molecule has 0 amide bonds. The van der Waals surface area contributed by atoms with Gasteiger partial charge in [-0.25, -0.2) is 0 Å². The van der Waals surface area contributed by atoms with Crippen molar-refractivity contribution in [2.75, 3.05) is 45.7 Å². The lowest BCUT2D eigenvalue weighted by atomic mass is 9.66. The average Bonchev–Trinajstić information content (AvgIpc) is 2.38. The number of piperidine rings is 1. The van der Waals surface area contributed by atoms with Crippen LogP contribution in [0.15, 0.2) is 24.3 Å². The van der Waals surface area contributed by atoms with Gasteiger partial charge in [-0.2, -0.15) is 0 Å². The van der Waals surface area contributed by atoms with Crippen molar-refractivity contribution in [2.45, 2.75) is 18.3 Å². The highest BCUT2D eigenvalue weighted by Gasteiger charge is 2.47. The second-order valence-electron chi connectivity index (χ2n) is 6.08. The minimum Gasteiger partial charge on any atom is -0.388 e. The highest BCUT2D eigenvalue weighted by Crippen LogP contribution is 2.43. The van der Waals surface area contributed by atoms with Gasteiger partial charge in [-0.1, -0.05) is 12.1 Å². The lowest BCUT2D eigenvalue weighted by molar-refractivity contribution is -0.102. The maximum atomic E-state index is 5.60. The normalized spacial score (nSPS) is 26.7. The first-order valence-corrected chi connectivity index (χ1v) is 7.29. The third-order valence-electron chi connectivity index (χ3n) is 4.87. The van der Waals surface area contributed by atoms with E-state index < -0.39 is 0 Å². The Kier molecular flexibility index (Phi) is 3.50. The number of hydrogen-bond donors (Lipinski definition) is 1. The zero-order valence-electron chi connectivity index (χ0n) is 12.0. The molecule has 1 N–H and O–H groups in total. The largest absolute Gasteiger partial charge is 0.388 e. The summed E-state index contributed by atoms with van der Waals surface area (Å²) in [6.07, 6.45) is 2.65. The predicted octanol–water partition coefficient (Wildman–Crippen LogP) is 2.34. The summed E-state index contributed by atoms with van der Waals surface area (Å²) >= 11 is 0. The molecule has 1 unspecified atom stereocenters. The number of hydrogen-bond acceptors (Lipinski definition) is 3. The van der Waals surface area contributed by atoms with E-state index in [4.69, 9.17) is 4.74 Å². The van der Waals surface area contributed by atoms with E-state index in [1.807, 2.05) is 7.05 Å². The molecule has 19 heavy (non-hydrogen) atoms. The quantitative estimate of drug-likeness (QED) is 0.903. The van der Waals surface area contributed by atoms with Gasteiger partial charge >= 0.3 is 0 Å². The molecule has 3 heteroatoms. The molecule has 0 radical (unpaired) electrons. The van der Waals surface area contributed by atoms with E-state index in [0.29, 0.717) is 0 Å². The van der Waals surface area contributed by atoms with Crippen molar-refractivity contribution < 1.29 is 4.74 Å². The molecule has 3 nitrogen and oxygen atoms in total. The summed E-state index contributed by atoms with van der Waals surface area (Å²) in [5.74, 6) is 0.737. The van der Waals surface area contributed by atoms with Crippen LogP contribution in [-0.4, -0.2) is 45.3 Å². The van der Waals surface area contributed by atoms with Gasteiger partial charge in [0, 0.05) is 24.7 Å². The van der Waals surface area contributed by atoms with Crippen molar-refractivity contribution in [1.82, 2.24) is 4.90 Å². The molecular weight excluding hydrogens is 236 g/mol. The molecule has 1 atom stereocenters. The van der Waals surface area contributed by atoms with Crippen LogP contribution in [0.2, 0.25) is 0 Å². The lowest BCUT2D eigenvalue weighted by Crippen LogP contribution is -2.56. The molecule has 2 aliphatic rings. The third-order valence-corrected chi connectivity index (χ3v) is 4.87. The van der Waals surface area contributed by atoms with E-state index in [-0.39, 0.29) is 5.41 Å². The van der Waals surface area contributed by atoms with Gasteiger partial charge in [-0.05, 0) is 50.0 Å². The van der Waals surface area contributed by atoms with Crippen LogP contribution in [0.25, 0.3) is 0 Å². The van der Waals surface area contributed by atoms with Crippen molar-refractivity contribution >= 4 is 5.69 Å². The topological polar surface area (TPSA) is 24.5 Å². The second-order valence-corrected chi connectivity index (χ2v) is 6.08. The molecule has 2 saturated heterocycles. The van der Waals surface area contributed by atoms with Gasteiger partial charge in [0.05, 0.1) is 13.2 Å². The molecule has 2 heterocycles. The summed E-state index contributed by atoms with van der Waals surface area (Å²) in [6.45, 7) is 4.23. The fourth-order valence-corrected chi connectivity index (χ4v) is 3.55. The van der Waals surface area contributed by atoms with Gasteiger partial charge in [0.15, 0.2) is 0 Å². The van der Waals surface area contributed by atoms with Crippen LogP contribution in [0.4, 0.5) is 5.69 Å². The van der Waals surface area contributed by atoms with Crippen molar-refractivity contribution in [2.24, 2.45) is 5.92 Å². The van der Waals surface area contributed by atoms with E-state index in [9.17, 15) is 0 Å². The SMILES string of the molecule is CNc1ccc(C2(C3CCCN(C)C3)COC2)cc1. The first-order chi connectivity index (χ1) is 9.24. The van der Waals surface area contributed by atoms with Crippen LogP contribution in [0, 0.1) is 5.92 Å². The zero-order valence-corrected chi connectivity index (χ0v) is 12.0. The predicted molar refractivity (Wildman–Crippen MR) is 78.7 cm³/mol. The maximum Gasteiger partial charge on any atom is 0.0588 e. The average molecular weight is 260 g/mol. The Bertz CT molecular complexity index is 425.